The first kappa shape index (κ1) is 14.4. The maximum Gasteiger partial charge on any atom is 0.0976 e. The Kier molecular flexibility index (Phi) is 6.74. The Labute approximate surface area is 114 Å². The minimum atomic E-state index is 0.910. The monoisotopic (exact) mass is 257 g/mol. The molecule has 0 amide bonds. The van der Waals surface area contributed by atoms with E-state index in [9.17, 15) is 0 Å². The number of rotatable bonds is 4. The Morgan fingerprint density at radius 1 is 1.22 bits per heavy atom. The number of allylic oxidation sites excluding steroid dienone is 2. The normalized spacial score (nSPS) is 9.89. The molecular weight excluding hydrogens is 238 g/mol. The van der Waals surface area contributed by atoms with Crippen molar-refractivity contribution in [2.75, 3.05) is 0 Å². The molecule has 1 nitrogen and oxygen atoms in total. The highest BCUT2D eigenvalue weighted by molar-refractivity contribution is 7.09. The van der Waals surface area contributed by atoms with Crippen molar-refractivity contribution in [1.82, 2.24) is 4.98 Å². The largest absolute Gasteiger partial charge is 0.242 e. The van der Waals surface area contributed by atoms with Crippen LogP contribution in [0.3, 0.4) is 0 Å². The highest BCUT2D eigenvalue weighted by Crippen LogP contribution is 2.15. The molecule has 1 aromatic heterocycles. The lowest BCUT2D eigenvalue weighted by molar-refractivity contribution is 1.13. The van der Waals surface area contributed by atoms with Crippen LogP contribution in [0.2, 0.25) is 0 Å². The minimum absolute atomic E-state index is 0.910. The van der Waals surface area contributed by atoms with Crippen LogP contribution in [0.5, 0.6) is 0 Å². The summed E-state index contributed by atoms with van der Waals surface area (Å²) in [6.07, 6.45) is 6.54. The average molecular weight is 257 g/mol. The van der Waals surface area contributed by atoms with Crippen LogP contribution >= 0.6 is 11.3 Å². The molecule has 0 aliphatic rings. The van der Waals surface area contributed by atoms with Crippen LogP contribution in [0.1, 0.15) is 30.1 Å². The molecule has 0 atom stereocenters. The van der Waals surface area contributed by atoms with Gasteiger partial charge in [0.1, 0.15) is 0 Å². The SMILES string of the molecule is C=C/C=C\c1csc(Cc2ccccc2)n1.CC. The third-order valence-corrected chi connectivity index (χ3v) is 3.04. The van der Waals surface area contributed by atoms with Crippen LogP contribution in [-0.2, 0) is 6.42 Å². The van der Waals surface area contributed by atoms with Crippen molar-refractivity contribution in [2.45, 2.75) is 20.3 Å². The Balaban J connectivity index is 0.000000771. The zero-order valence-electron chi connectivity index (χ0n) is 11.0. The lowest BCUT2D eigenvalue weighted by atomic mass is 10.2. The second-order valence-electron chi connectivity index (χ2n) is 3.42. The van der Waals surface area contributed by atoms with Crippen molar-refractivity contribution in [2.24, 2.45) is 0 Å². The van der Waals surface area contributed by atoms with Crippen molar-refractivity contribution in [3.05, 3.63) is 70.7 Å². The van der Waals surface area contributed by atoms with E-state index in [0.29, 0.717) is 0 Å². The summed E-state index contributed by atoms with van der Waals surface area (Å²) in [6.45, 7) is 7.64. The Hall–Kier alpha value is -1.67. The summed E-state index contributed by atoms with van der Waals surface area (Å²) in [4.78, 5) is 4.53. The van der Waals surface area contributed by atoms with Gasteiger partial charge >= 0.3 is 0 Å². The number of hydrogen-bond acceptors (Lipinski definition) is 2. The molecule has 0 unspecified atom stereocenters. The van der Waals surface area contributed by atoms with Crippen LogP contribution in [0, 0.1) is 0 Å². The van der Waals surface area contributed by atoms with E-state index in [-0.39, 0.29) is 0 Å². The number of thiazole rings is 1. The maximum atomic E-state index is 4.53. The molecule has 0 spiro atoms. The topological polar surface area (TPSA) is 12.9 Å². The fourth-order valence-corrected chi connectivity index (χ4v) is 2.22. The Morgan fingerprint density at radius 3 is 2.61 bits per heavy atom. The van der Waals surface area contributed by atoms with E-state index in [2.05, 4.69) is 41.2 Å². The minimum Gasteiger partial charge on any atom is -0.242 e. The lowest BCUT2D eigenvalue weighted by Crippen LogP contribution is -1.86. The molecule has 0 aliphatic heterocycles. The average Bonchev–Trinajstić information content (AvgIpc) is 2.87. The first-order valence-corrected chi connectivity index (χ1v) is 7.04. The molecule has 18 heavy (non-hydrogen) atoms. The van der Waals surface area contributed by atoms with Crippen molar-refractivity contribution in [3.8, 4) is 0 Å². The lowest BCUT2D eigenvalue weighted by Gasteiger charge is -1.95. The van der Waals surface area contributed by atoms with Gasteiger partial charge in [0.2, 0.25) is 0 Å². The van der Waals surface area contributed by atoms with Gasteiger partial charge in [-0.2, -0.15) is 0 Å². The zero-order chi connectivity index (χ0) is 13.2. The van der Waals surface area contributed by atoms with Crippen LogP contribution in [0.15, 0.2) is 54.4 Å². The molecule has 2 aromatic rings. The highest BCUT2D eigenvalue weighted by atomic mass is 32.1. The predicted octanol–water partition coefficient (Wildman–Crippen LogP) is 4.96. The number of aromatic nitrogens is 1. The molecule has 0 N–H and O–H groups in total. The third-order valence-electron chi connectivity index (χ3n) is 2.17. The summed E-state index contributed by atoms with van der Waals surface area (Å²) in [5, 5.41) is 3.22. The van der Waals surface area contributed by atoms with Crippen LogP contribution in [-0.4, -0.2) is 4.98 Å². The van der Waals surface area contributed by atoms with E-state index in [1.54, 1.807) is 17.4 Å². The van der Waals surface area contributed by atoms with Crippen LogP contribution in [0.4, 0.5) is 0 Å². The molecular formula is C16H19NS. The van der Waals surface area contributed by atoms with Gasteiger partial charge in [-0.3, -0.25) is 0 Å². The summed E-state index contributed by atoms with van der Waals surface area (Å²) in [5.41, 5.74) is 2.31. The van der Waals surface area contributed by atoms with Crippen LogP contribution < -0.4 is 0 Å². The van der Waals surface area contributed by atoms with Gasteiger partial charge in [-0.25, -0.2) is 4.98 Å². The second kappa shape index (κ2) is 8.43. The van der Waals surface area contributed by atoms with Crippen molar-refractivity contribution >= 4 is 17.4 Å². The Morgan fingerprint density at radius 2 is 1.94 bits per heavy atom. The summed E-state index contributed by atoms with van der Waals surface area (Å²) >= 11 is 1.70. The predicted molar refractivity (Wildman–Crippen MR) is 81.9 cm³/mol. The molecule has 0 aliphatic carbocycles. The highest BCUT2D eigenvalue weighted by Gasteiger charge is 2.00. The standard InChI is InChI=1S/C14H13NS.C2H6/c1-2-3-9-13-11-16-14(15-13)10-12-7-5-4-6-8-12;1-2/h2-9,11H,1,10H2;1-2H3/b9-3-;. The van der Waals surface area contributed by atoms with E-state index >= 15 is 0 Å². The van der Waals surface area contributed by atoms with Gasteiger partial charge in [-0.15, -0.1) is 11.3 Å². The zero-order valence-corrected chi connectivity index (χ0v) is 11.8. The van der Waals surface area contributed by atoms with E-state index < -0.39 is 0 Å². The fraction of sp³-hybridized carbons (Fsp3) is 0.188. The van der Waals surface area contributed by atoms with Crippen molar-refractivity contribution in [1.29, 1.82) is 0 Å². The quantitative estimate of drug-likeness (QED) is 0.705. The fourth-order valence-electron chi connectivity index (χ4n) is 1.42. The van der Waals surface area contributed by atoms with Gasteiger partial charge in [-0.05, 0) is 11.6 Å². The number of hydrogen-bond donors (Lipinski definition) is 0. The molecule has 1 heterocycles. The first-order chi connectivity index (χ1) is 8.88. The molecule has 0 saturated carbocycles. The molecule has 0 saturated heterocycles. The molecule has 2 rings (SSSR count). The number of benzene rings is 1. The Bertz CT molecular complexity index is 483. The van der Waals surface area contributed by atoms with Gasteiger partial charge in [0.15, 0.2) is 0 Å². The van der Waals surface area contributed by atoms with E-state index in [1.807, 2.05) is 32.1 Å². The molecule has 0 radical (unpaired) electrons. The van der Waals surface area contributed by atoms with E-state index in [4.69, 9.17) is 0 Å². The van der Waals surface area contributed by atoms with Gasteiger partial charge in [0.05, 0.1) is 10.7 Å². The van der Waals surface area contributed by atoms with E-state index in [0.717, 1.165) is 17.1 Å². The van der Waals surface area contributed by atoms with Gasteiger partial charge in [0.25, 0.3) is 0 Å². The summed E-state index contributed by atoms with van der Waals surface area (Å²) in [7, 11) is 0. The summed E-state index contributed by atoms with van der Waals surface area (Å²) in [6, 6.07) is 10.4. The second-order valence-corrected chi connectivity index (χ2v) is 4.37. The molecule has 2 heteroatoms. The summed E-state index contributed by atoms with van der Waals surface area (Å²) < 4.78 is 0. The molecule has 0 bridgehead atoms. The molecule has 94 valence electrons. The third kappa shape index (κ3) is 4.68. The smallest absolute Gasteiger partial charge is 0.0976 e. The van der Waals surface area contributed by atoms with E-state index in [1.165, 1.54) is 5.56 Å². The molecule has 1 aromatic carbocycles. The maximum absolute atomic E-state index is 4.53. The summed E-state index contributed by atoms with van der Waals surface area (Å²) in [5.74, 6) is 0. The first-order valence-electron chi connectivity index (χ1n) is 6.16. The van der Waals surface area contributed by atoms with Crippen molar-refractivity contribution in [3.63, 3.8) is 0 Å². The van der Waals surface area contributed by atoms with Crippen LogP contribution in [0.25, 0.3) is 6.08 Å². The van der Waals surface area contributed by atoms with Gasteiger partial charge < -0.3 is 0 Å². The van der Waals surface area contributed by atoms with Gasteiger partial charge in [0, 0.05) is 11.8 Å². The van der Waals surface area contributed by atoms with Gasteiger partial charge in [-0.1, -0.05) is 62.9 Å². The number of nitrogens with zero attached hydrogens (tertiary/aromatic N) is 1. The van der Waals surface area contributed by atoms with Crippen molar-refractivity contribution < 1.29 is 0 Å². The molecule has 0 fully saturated rings.